The van der Waals surface area contributed by atoms with Crippen LogP contribution in [0.3, 0.4) is 0 Å². The standard InChI is InChI=1S/C20H19N3O/c1-14-7-5-8-15(13-14)23-19(18-11-6-12-22(18)2)21-17-10-4-3-9-16(17)20(23)24/h3-13,19,21H,1-2H3/t19-/m1/s1. The van der Waals surface area contributed by atoms with E-state index in [4.69, 9.17) is 0 Å². The van der Waals surface area contributed by atoms with Crippen molar-refractivity contribution >= 4 is 17.3 Å². The number of para-hydroxylation sites is 1. The van der Waals surface area contributed by atoms with Crippen molar-refractivity contribution in [1.82, 2.24) is 4.57 Å². The first-order valence-electron chi connectivity index (χ1n) is 8.02. The van der Waals surface area contributed by atoms with Gasteiger partial charge >= 0.3 is 0 Å². The van der Waals surface area contributed by atoms with Gasteiger partial charge in [-0.25, -0.2) is 0 Å². The summed E-state index contributed by atoms with van der Waals surface area (Å²) in [6, 6.07) is 19.8. The molecule has 0 radical (unpaired) electrons. The van der Waals surface area contributed by atoms with Crippen LogP contribution >= 0.6 is 0 Å². The monoisotopic (exact) mass is 317 g/mol. The van der Waals surface area contributed by atoms with Crippen LogP contribution in [0.5, 0.6) is 0 Å². The minimum atomic E-state index is -0.241. The number of anilines is 2. The van der Waals surface area contributed by atoms with Crippen molar-refractivity contribution in [2.24, 2.45) is 7.05 Å². The molecule has 1 aliphatic heterocycles. The molecule has 2 heterocycles. The highest BCUT2D eigenvalue weighted by Crippen LogP contribution is 2.36. The number of carbonyl (C=O) groups excluding carboxylic acids is 1. The van der Waals surface area contributed by atoms with Gasteiger partial charge in [-0.15, -0.1) is 0 Å². The highest BCUT2D eigenvalue weighted by Gasteiger charge is 2.34. The van der Waals surface area contributed by atoms with E-state index in [2.05, 4.69) is 5.32 Å². The average molecular weight is 317 g/mol. The number of nitrogens with zero attached hydrogens (tertiary/aromatic N) is 2. The fourth-order valence-corrected chi connectivity index (χ4v) is 3.26. The zero-order valence-corrected chi connectivity index (χ0v) is 13.7. The average Bonchev–Trinajstić information content (AvgIpc) is 3.00. The molecule has 4 nitrogen and oxygen atoms in total. The van der Waals surface area contributed by atoms with Gasteiger partial charge in [0.1, 0.15) is 6.17 Å². The molecule has 4 heteroatoms. The normalized spacial score (nSPS) is 16.7. The second kappa shape index (κ2) is 5.57. The Kier molecular flexibility index (Phi) is 3.38. The van der Waals surface area contributed by atoms with Crippen LogP contribution in [0.15, 0.2) is 66.9 Å². The minimum absolute atomic E-state index is 0.0150. The van der Waals surface area contributed by atoms with Gasteiger partial charge in [0.2, 0.25) is 0 Å². The fourth-order valence-electron chi connectivity index (χ4n) is 3.26. The number of fused-ring (bicyclic) bond motifs is 1. The second-order valence-electron chi connectivity index (χ2n) is 6.15. The van der Waals surface area contributed by atoms with Gasteiger partial charge in [-0.05, 0) is 48.9 Å². The number of hydrogen-bond donors (Lipinski definition) is 1. The Balaban J connectivity index is 1.89. The van der Waals surface area contributed by atoms with Gasteiger partial charge in [0.05, 0.1) is 11.3 Å². The Labute approximate surface area is 141 Å². The van der Waals surface area contributed by atoms with Gasteiger partial charge in [0.25, 0.3) is 5.91 Å². The van der Waals surface area contributed by atoms with Gasteiger partial charge < -0.3 is 9.88 Å². The Morgan fingerprint density at radius 1 is 1.00 bits per heavy atom. The Morgan fingerprint density at radius 2 is 1.83 bits per heavy atom. The highest BCUT2D eigenvalue weighted by molar-refractivity contribution is 6.12. The van der Waals surface area contributed by atoms with Crippen LogP contribution < -0.4 is 10.2 Å². The molecule has 2 aromatic carbocycles. The molecule has 0 unspecified atom stereocenters. The van der Waals surface area contributed by atoms with Crippen molar-refractivity contribution in [1.29, 1.82) is 0 Å². The van der Waals surface area contributed by atoms with E-state index >= 15 is 0 Å². The van der Waals surface area contributed by atoms with Gasteiger partial charge in [0.15, 0.2) is 0 Å². The molecule has 1 N–H and O–H groups in total. The summed E-state index contributed by atoms with van der Waals surface area (Å²) in [5.41, 5.74) is 4.64. The highest BCUT2D eigenvalue weighted by atomic mass is 16.2. The zero-order chi connectivity index (χ0) is 16.7. The molecule has 0 saturated carbocycles. The van der Waals surface area contributed by atoms with Crippen LogP contribution in [0, 0.1) is 6.92 Å². The molecule has 0 fully saturated rings. The molecule has 1 aliphatic rings. The molecule has 1 aromatic heterocycles. The first kappa shape index (κ1) is 14.6. The van der Waals surface area contributed by atoms with E-state index < -0.39 is 0 Å². The summed E-state index contributed by atoms with van der Waals surface area (Å²) in [5, 5.41) is 3.52. The second-order valence-corrected chi connectivity index (χ2v) is 6.15. The smallest absolute Gasteiger partial charge is 0.262 e. The molecule has 1 amide bonds. The zero-order valence-electron chi connectivity index (χ0n) is 13.7. The summed E-state index contributed by atoms with van der Waals surface area (Å²) in [7, 11) is 2.00. The van der Waals surface area contributed by atoms with Crippen LogP contribution in [-0.4, -0.2) is 10.5 Å². The summed E-state index contributed by atoms with van der Waals surface area (Å²) < 4.78 is 2.04. The first-order valence-corrected chi connectivity index (χ1v) is 8.02. The summed E-state index contributed by atoms with van der Waals surface area (Å²) in [4.78, 5) is 15.1. The van der Waals surface area contributed by atoms with Crippen LogP contribution in [0.2, 0.25) is 0 Å². The Hall–Kier alpha value is -3.01. The van der Waals surface area contributed by atoms with E-state index in [0.29, 0.717) is 5.56 Å². The van der Waals surface area contributed by atoms with Gasteiger partial charge in [-0.1, -0.05) is 24.3 Å². The molecule has 120 valence electrons. The largest absolute Gasteiger partial charge is 0.359 e. The number of aromatic nitrogens is 1. The van der Waals surface area contributed by atoms with E-state index in [1.54, 1.807) is 0 Å². The fraction of sp³-hybridized carbons (Fsp3) is 0.150. The number of carbonyl (C=O) groups is 1. The lowest BCUT2D eigenvalue weighted by atomic mass is 10.0. The van der Waals surface area contributed by atoms with Crippen LogP contribution in [0.4, 0.5) is 11.4 Å². The van der Waals surface area contributed by atoms with Gasteiger partial charge in [-0.3, -0.25) is 9.69 Å². The summed E-state index contributed by atoms with van der Waals surface area (Å²) >= 11 is 0. The van der Waals surface area contributed by atoms with Gasteiger partial charge in [-0.2, -0.15) is 0 Å². The van der Waals surface area contributed by atoms with E-state index in [1.165, 1.54) is 0 Å². The lowest BCUT2D eigenvalue weighted by molar-refractivity contribution is 0.0974. The lowest BCUT2D eigenvalue weighted by Gasteiger charge is -2.38. The van der Waals surface area contributed by atoms with Crippen LogP contribution in [0.25, 0.3) is 0 Å². The quantitative estimate of drug-likeness (QED) is 0.772. The molecule has 0 bridgehead atoms. The molecular formula is C20H19N3O. The van der Waals surface area contributed by atoms with Crippen molar-refractivity contribution in [3.05, 3.63) is 83.7 Å². The van der Waals surface area contributed by atoms with Crippen LogP contribution in [0.1, 0.15) is 27.8 Å². The number of amides is 1. The lowest BCUT2D eigenvalue weighted by Crippen LogP contribution is -2.43. The Morgan fingerprint density at radius 3 is 2.58 bits per heavy atom. The van der Waals surface area contributed by atoms with Crippen molar-refractivity contribution < 1.29 is 4.79 Å². The maximum atomic E-state index is 13.2. The molecule has 1 atom stereocenters. The van der Waals surface area contributed by atoms with E-state index in [1.807, 2.05) is 90.3 Å². The van der Waals surface area contributed by atoms with E-state index in [-0.39, 0.29) is 12.1 Å². The number of rotatable bonds is 2. The topological polar surface area (TPSA) is 37.3 Å². The predicted molar refractivity (Wildman–Crippen MR) is 96.2 cm³/mol. The third-order valence-electron chi connectivity index (χ3n) is 4.47. The van der Waals surface area contributed by atoms with E-state index in [0.717, 1.165) is 22.6 Å². The van der Waals surface area contributed by atoms with E-state index in [9.17, 15) is 4.79 Å². The summed E-state index contributed by atoms with van der Waals surface area (Å²) in [6.45, 7) is 2.04. The van der Waals surface area contributed by atoms with Crippen molar-refractivity contribution in [2.45, 2.75) is 13.1 Å². The predicted octanol–water partition coefficient (Wildman–Crippen LogP) is 4.10. The Bertz CT molecular complexity index is 913. The maximum absolute atomic E-state index is 13.2. The number of nitrogens with one attached hydrogen (secondary N) is 1. The van der Waals surface area contributed by atoms with Crippen molar-refractivity contribution in [3.8, 4) is 0 Å². The molecule has 0 spiro atoms. The third-order valence-corrected chi connectivity index (χ3v) is 4.47. The summed E-state index contributed by atoms with van der Waals surface area (Å²) in [6.07, 6.45) is 1.75. The molecule has 24 heavy (non-hydrogen) atoms. The van der Waals surface area contributed by atoms with Crippen molar-refractivity contribution in [3.63, 3.8) is 0 Å². The first-order chi connectivity index (χ1) is 11.6. The number of hydrogen-bond acceptors (Lipinski definition) is 2. The molecule has 4 rings (SSSR count). The molecule has 0 aliphatic carbocycles. The summed E-state index contributed by atoms with van der Waals surface area (Å²) in [5.74, 6) is 0.0150. The molecule has 0 saturated heterocycles. The molecular weight excluding hydrogens is 298 g/mol. The van der Waals surface area contributed by atoms with Crippen LogP contribution in [-0.2, 0) is 7.05 Å². The molecule has 3 aromatic rings. The number of aryl methyl sites for hydroxylation is 2. The maximum Gasteiger partial charge on any atom is 0.262 e. The third kappa shape index (κ3) is 2.27. The van der Waals surface area contributed by atoms with Crippen molar-refractivity contribution in [2.75, 3.05) is 10.2 Å². The minimum Gasteiger partial charge on any atom is -0.359 e. The number of benzene rings is 2. The SMILES string of the molecule is Cc1cccc(N2C(=O)c3ccccc3N[C@H]2c2cccn2C)c1. The van der Waals surface area contributed by atoms with Gasteiger partial charge in [0, 0.05) is 24.6 Å².